The summed E-state index contributed by atoms with van der Waals surface area (Å²) < 4.78 is 1.40. The first-order valence-electron chi connectivity index (χ1n) is 9.97. The van der Waals surface area contributed by atoms with E-state index < -0.39 is 11.2 Å². The van der Waals surface area contributed by atoms with Gasteiger partial charge >= 0.3 is 5.69 Å². The number of hydrogen-bond donors (Lipinski definition) is 2. The predicted octanol–water partition coefficient (Wildman–Crippen LogP) is 1.43. The molecular formula is C20H29N5O3. The number of piperidine rings is 1. The molecule has 2 aromatic rings. The number of aromatic amines is 1. The van der Waals surface area contributed by atoms with Gasteiger partial charge in [0.1, 0.15) is 0 Å². The lowest BCUT2D eigenvalue weighted by atomic mass is 9.90. The van der Waals surface area contributed by atoms with E-state index >= 15 is 0 Å². The van der Waals surface area contributed by atoms with Gasteiger partial charge in [-0.15, -0.1) is 0 Å². The Hall–Kier alpha value is -2.48. The van der Waals surface area contributed by atoms with Crippen LogP contribution in [-0.4, -0.2) is 44.5 Å². The predicted molar refractivity (Wildman–Crippen MR) is 109 cm³/mol. The number of carbonyl (C=O) groups excluding carboxylic acids is 1. The first kappa shape index (κ1) is 20.3. The molecule has 3 N–H and O–H groups in total. The van der Waals surface area contributed by atoms with Gasteiger partial charge in [0.2, 0.25) is 0 Å². The third kappa shape index (κ3) is 3.61. The van der Waals surface area contributed by atoms with Crippen molar-refractivity contribution in [1.29, 1.82) is 0 Å². The normalized spacial score (nSPS) is 16.7. The molecule has 1 fully saturated rings. The van der Waals surface area contributed by atoms with E-state index in [-0.39, 0.29) is 28.9 Å². The number of nitrogens with two attached hydrogens (primary N) is 1. The molecular weight excluding hydrogens is 358 g/mol. The van der Waals surface area contributed by atoms with Crippen molar-refractivity contribution in [2.24, 2.45) is 11.7 Å². The van der Waals surface area contributed by atoms with Crippen molar-refractivity contribution in [3.05, 3.63) is 38.2 Å². The van der Waals surface area contributed by atoms with Gasteiger partial charge in [0.05, 0.1) is 10.9 Å². The number of carbonyl (C=O) groups is 1. The molecule has 1 atom stereocenters. The first-order chi connectivity index (χ1) is 13.2. The Morgan fingerprint density at radius 3 is 2.46 bits per heavy atom. The maximum atomic E-state index is 13.3. The van der Waals surface area contributed by atoms with Crippen LogP contribution in [-0.2, 0) is 6.54 Å². The van der Waals surface area contributed by atoms with Gasteiger partial charge in [-0.25, -0.2) is 9.78 Å². The number of hydrogen-bond acceptors (Lipinski definition) is 5. The molecule has 0 bridgehead atoms. The summed E-state index contributed by atoms with van der Waals surface area (Å²) >= 11 is 0. The van der Waals surface area contributed by atoms with E-state index in [2.05, 4.69) is 9.97 Å². The number of aromatic nitrogens is 3. The van der Waals surface area contributed by atoms with Gasteiger partial charge in [-0.2, -0.15) is 0 Å². The van der Waals surface area contributed by atoms with Crippen molar-refractivity contribution in [2.75, 3.05) is 13.1 Å². The number of H-pyrrole nitrogens is 1. The van der Waals surface area contributed by atoms with Crippen LogP contribution in [0.3, 0.4) is 0 Å². The molecule has 1 saturated heterocycles. The van der Waals surface area contributed by atoms with Gasteiger partial charge in [-0.1, -0.05) is 13.8 Å². The molecule has 0 saturated carbocycles. The number of rotatable bonds is 4. The Morgan fingerprint density at radius 2 is 1.93 bits per heavy atom. The summed E-state index contributed by atoms with van der Waals surface area (Å²) in [6.45, 7) is 9.32. The van der Waals surface area contributed by atoms with Gasteiger partial charge in [0.15, 0.2) is 5.65 Å². The number of pyridine rings is 1. The second-order valence-corrected chi connectivity index (χ2v) is 7.94. The first-order valence-corrected chi connectivity index (χ1v) is 9.97. The molecule has 1 aliphatic heterocycles. The highest BCUT2D eigenvalue weighted by molar-refractivity contribution is 6.05. The third-order valence-corrected chi connectivity index (χ3v) is 5.68. The fourth-order valence-corrected chi connectivity index (χ4v) is 3.85. The molecule has 8 heteroatoms. The fraction of sp³-hybridized carbons (Fsp3) is 0.600. The molecule has 3 heterocycles. The Bertz CT molecular complexity index is 997. The second kappa shape index (κ2) is 7.87. The van der Waals surface area contributed by atoms with E-state index in [1.54, 1.807) is 11.0 Å². The summed E-state index contributed by atoms with van der Waals surface area (Å²) in [5, 5.41) is 0.185. The minimum atomic E-state index is -0.568. The largest absolute Gasteiger partial charge is 0.339 e. The van der Waals surface area contributed by atoms with Crippen LogP contribution in [0.5, 0.6) is 0 Å². The lowest BCUT2D eigenvalue weighted by Gasteiger charge is -2.34. The monoisotopic (exact) mass is 387 g/mol. The van der Waals surface area contributed by atoms with Crippen LogP contribution in [0.1, 0.15) is 62.5 Å². The van der Waals surface area contributed by atoms with Crippen molar-refractivity contribution in [3.63, 3.8) is 0 Å². The zero-order chi connectivity index (χ0) is 20.6. The lowest BCUT2D eigenvalue weighted by molar-refractivity contribution is 0.0682. The Kier molecular flexibility index (Phi) is 5.69. The molecule has 1 amide bonds. The van der Waals surface area contributed by atoms with Crippen LogP contribution in [0, 0.1) is 5.92 Å². The molecule has 3 rings (SSSR count). The molecule has 152 valence electrons. The number of aryl methyl sites for hydroxylation is 1. The fourth-order valence-electron chi connectivity index (χ4n) is 3.85. The molecule has 0 radical (unpaired) electrons. The summed E-state index contributed by atoms with van der Waals surface area (Å²) in [5.41, 5.74) is 6.20. The third-order valence-electron chi connectivity index (χ3n) is 5.68. The maximum absolute atomic E-state index is 13.3. The average molecular weight is 387 g/mol. The van der Waals surface area contributed by atoms with E-state index in [1.165, 1.54) is 4.57 Å². The zero-order valence-electron chi connectivity index (χ0n) is 17.0. The van der Waals surface area contributed by atoms with Gasteiger partial charge in [-0.3, -0.25) is 19.1 Å². The Balaban J connectivity index is 2.13. The number of amides is 1. The van der Waals surface area contributed by atoms with Gasteiger partial charge in [0.25, 0.3) is 11.5 Å². The molecule has 1 unspecified atom stereocenters. The number of nitrogens with one attached hydrogen (secondary N) is 1. The van der Waals surface area contributed by atoms with Crippen molar-refractivity contribution in [2.45, 2.75) is 59.0 Å². The van der Waals surface area contributed by atoms with Crippen LogP contribution in [0.25, 0.3) is 11.0 Å². The van der Waals surface area contributed by atoms with E-state index in [0.717, 1.165) is 12.8 Å². The minimum absolute atomic E-state index is 0.0551. The summed E-state index contributed by atoms with van der Waals surface area (Å²) in [4.78, 5) is 46.8. The topological polar surface area (TPSA) is 114 Å². The van der Waals surface area contributed by atoms with Crippen LogP contribution in [0.2, 0.25) is 0 Å². The molecule has 8 nitrogen and oxygen atoms in total. The number of fused-ring (bicyclic) bond motifs is 1. The maximum Gasteiger partial charge on any atom is 0.329 e. The van der Waals surface area contributed by atoms with E-state index in [9.17, 15) is 14.4 Å². The highest BCUT2D eigenvalue weighted by Gasteiger charge is 2.28. The highest BCUT2D eigenvalue weighted by atomic mass is 16.2. The smallest absolute Gasteiger partial charge is 0.329 e. The number of likely N-dealkylation sites (tertiary alicyclic amines) is 1. The SMILES string of the molecule is CCn1c(=O)[nH]c(=O)c2c(C(=O)N3CCC(C(C)N)CC3)cc(C(C)C)nc21. The summed E-state index contributed by atoms with van der Waals surface area (Å²) in [6, 6.07) is 1.81. The van der Waals surface area contributed by atoms with Crippen LogP contribution >= 0.6 is 0 Å². The van der Waals surface area contributed by atoms with Crippen molar-refractivity contribution in [3.8, 4) is 0 Å². The van der Waals surface area contributed by atoms with E-state index in [0.29, 0.717) is 36.8 Å². The van der Waals surface area contributed by atoms with Crippen molar-refractivity contribution < 1.29 is 4.79 Å². The van der Waals surface area contributed by atoms with Crippen molar-refractivity contribution >= 4 is 16.9 Å². The standard InChI is InChI=1S/C20H29N5O3/c1-5-25-17-16(18(26)23-20(25)28)14(10-15(22-17)11(2)3)19(27)24-8-6-13(7-9-24)12(4)21/h10-13H,5-9,21H2,1-4H3,(H,23,26,28). The molecule has 0 aliphatic carbocycles. The van der Waals surface area contributed by atoms with Crippen LogP contribution < -0.4 is 17.0 Å². The zero-order valence-corrected chi connectivity index (χ0v) is 17.0. The van der Waals surface area contributed by atoms with Gasteiger partial charge in [-0.05, 0) is 44.6 Å². The van der Waals surface area contributed by atoms with Crippen LogP contribution in [0.4, 0.5) is 0 Å². The van der Waals surface area contributed by atoms with E-state index in [1.807, 2.05) is 27.7 Å². The molecule has 28 heavy (non-hydrogen) atoms. The minimum Gasteiger partial charge on any atom is -0.339 e. The highest BCUT2D eigenvalue weighted by Crippen LogP contribution is 2.24. The van der Waals surface area contributed by atoms with E-state index in [4.69, 9.17) is 5.73 Å². The molecule has 1 aliphatic rings. The molecule has 0 aromatic carbocycles. The Morgan fingerprint density at radius 1 is 1.29 bits per heavy atom. The Labute approximate surface area is 163 Å². The number of nitrogens with zero attached hydrogens (tertiary/aromatic N) is 3. The van der Waals surface area contributed by atoms with Crippen molar-refractivity contribution in [1.82, 2.24) is 19.4 Å². The van der Waals surface area contributed by atoms with Gasteiger partial charge < -0.3 is 10.6 Å². The summed E-state index contributed by atoms with van der Waals surface area (Å²) in [6.07, 6.45) is 1.69. The second-order valence-electron chi connectivity index (χ2n) is 7.94. The molecule has 2 aromatic heterocycles. The van der Waals surface area contributed by atoms with Gasteiger partial charge in [0, 0.05) is 31.4 Å². The average Bonchev–Trinajstić information content (AvgIpc) is 2.66. The molecule has 0 spiro atoms. The lowest BCUT2D eigenvalue weighted by Crippen LogP contribution is -2.43. The van der Waals surface area contributed by atoms with Crippen LogP contribution in [0.15, 0.2) is 15.7 Å². The summed E-state index contributed by atoms with van der Waals surface area (Å²) in [7, 11) is 0. The summed E-state index contributed by atoms with van der Waals surface area (Å²) in [5.74, 6) is 0.266. The quantitative estimate of drug-likeness (QED) is 0.824.